The molecule has 4 aromatic rings. The maximum absolute atomic E-state index is 14.3. The van der Waals surface area contributed by atoms with Gasteiger partial charge >= 0.3 is 0 Å². The quantitative estimate of drug-likeness (QED) is 0.230. The highest BCUT2D eigenvalue weighted by Crippen LogP contribution is 2.48. The first-order valence-electron chi connectivity index (χ1n) is 15.0. The van der Waals surface area contributed by atoms with E-state index in [0.29, 0.717) is 42.7 Å². The maximum atomic E-state index is 14.3. The van der Waals surface area contributed by atoms with Gasteiger partial charge in [0.1, 0.15) is 29.6 Å². The van der Waals surface area contributed by atoms with Gasteiger partial charge in [0.2, 0.25) is 5.91 Å². The number of fused-ring (bicyclic) bond motifs is 4. The number of nitrogens with zero attached hydrogens (tertiary/aromatic N) is 2. The van der Waals surface area contributed by atoms with Gasteiger partial charge in [-0.2, -0.15) is 0 Å². The van der Waals surface area contributed by atoms with Crippen molar-refractivity contribution in [1.82, 2.24) is 20.8 Å². The lowest BCUT2D eigenvalue weighted by molar-refractivity contribution is -0.126. The second-order valence-corrected chi connectivity index (χ2v) is 12.6. The van der Waals surface area contributed by atoms with Crippen LogP contribution in [0.2, 0.25) is 0 Å². The van der Waals surface area contributed by atoms with Gasteiger partial charge in [-0.25, -0.2) is 4.39 Å². The van der Waals surface area contributed by atoms with Gasteiger partial charge in [-0.05, 0) is 84.8 Å². The lowest BCUT2D eigenvalue weighted by atomic mass is 9.88. The van der Waals surface area contributed by atoms with Crippen molar-refractivity contribution in [3.05, 3.63) is 64.8 Å². The van der Waals surface area contributed by atoms with Crippen LogP contribution in [-0.4, -0.2) is 49.0 Å². The van der Waals surface area contributed by atoms with E-state index in [1.807, 2.05) is 5.38 Å². The molecule has 0 spiro atoms. The highest BCUT2D eigenvalue weighted by molar-refractivity contribution is 7.17. The molecule has 218 valence electrons. The standard InChI is InChI=1S/C33H35FN4O3S/c34-25-5-6-26(29(18-25)41-13-12-40-11-10-36-33(39)28-16-20-1-2-22(28)15-20)31-32-27(8-14-42-32)30(37-38-31)23-3-4-24-19-35-9-7-21(24)17-23/h3-6,8,14,17-18,20,22,28,35H,1-2,7,9-13,15-16,19H2,(H,36,39). The molecule has 2 aromatic carbocycles. The lowest BCUT2D eigenvalue weighted by Gasteiger charge is -2.20. The van der Waals surface area contributed by atoms with E-state index in [4.69, 9.17) is 9.47 Å². The van der Waals surface area contributed by atoms with Gasteiger partial charge in [-0.1, -0.05) is 18.6 Å². The van der Waals surface area contributed by atoms with E-state index in [1.54, 1.807) is 17.4 Å². The summed E-state index contributed by atoms with van der Waals surface area (Å²) in [5.41, 5.74) is 5.94. The number of ether oxygens (including phenoxy) is 2. The van der Waals surface area contributed by atoms with Crippen molar-refractivity contribution >= 4 is 27.3 Å². The maximum Gasteiger partial charge on any atom is 0.223 e. The van der Waals surface area contributed by atoms with Crippen molar-refractivity contribution in [3.63, 3.8) is 0 Å². The molecular weight excluding hydrogens is 551 g/mol. The van der Waals surface area contributed by atoms with Gasteiger partial charge in [0.05, 0.1) is 17.9 Å². The van der Waals surface area contributed by atoms with Crippen molar-refractivity contribution in [2.45, 2.75) is 38.6 Å². The van der Waals surface area contributed by atoms with Gasteiger partial charge in [0.25, 0.3) is 0 Å². The van der Waals surface area contributed by atoms with Crippen LogP contribution in [0.3, 0.4) is 0 Å². The Balaban J connectivity index is 0.996. The molecule has 0 saturated heterocycles. The first kappa shape index (κ1) is 27.4. The molecule has 7 nitrogen and oxygen atoms in total. The molecule has 1 amide bonds. The molecule has 3 aliphatic rings. The van der Waals surface area contributed by atoms with Crippen LogP contribution in [0.25, 0.3) is 32.6 Å². The molecule has 3 unspecified atom stereocenters. The number of amides is 1. The molecule has 2 bridgehead atoms. The Kier molecular flexibility index (Phi) is 7.88. The zero-order chi connectivity index (χ0) is 28.5. The Morgan fingerprint density at radius 3 is 2.83 bits per heavy atom. The van der Waals surface area contributed by atoms with Crippen LogP contribution < -0.4 is 15.4 Å². The van der Waals surface area contributed by atoms with E-state index in [0.717, 1.165) is 53.2 Å². The number of nitrogens with one attached hydrogen (secondary N) is 2. The summed E-state index contributed by atoms with van der Waals surface area (Å²) in [7, 11) is 0. The molecule has 2 N–H and O–H groups in total. The molecular formula is C33H35FN4O3S. The largest absolute Gasteiger partial charge is 0.490 e. The molecule has 0 radical (unpaired) electrons. The van der Waals surface area contributed by atoms with Gasteiger partial charge in [0.15, 0.2) is 0 Å². The summed E-state index contributed by atoms with van der Waals surface area (Å²) in [5, 5.41) is 18.8. The molecule has 2 saturated carbocycles. The molecule has 1 aliphatic heterocycles. The summed E-state index contributed by atoms with van der Waals surface area (Å²) in [6, 6.07) is 13.1. The van der Waals surface area contributed by atoms with Crippen molar-refractivity contribution in [3.8, 4) is 28.3 Å². The SMILES string of the molecule is O=C(NCCOCCOc1cc(F)ccc1-c1nnc(-c2ccc3c(c2)CCNC3)c2ccsc12)C1CC2CCC1C2. The van der Waals surface area contributed by atoms with Crippen LogP contribution in [-0.2, 0) is 22.5 Å². The smallest absolute Gasteiger partial charge is 0.223 e. The van der Waals surface area contributed by atoms with Crippen LogP contribution in [0.15, 0.2) is 47.8 Å². The van der Waals surface area contributed by atoms with E-state index in [-0.39, 0.29) is 24.2 Å². The second kappa shape index (κ2) is 12.1. The van der Waals surface area contributed by atoms with E-state index in [2.05, 4.69) is 45.1 Å². The fourth-order valence-electron chi connectivity index (χ4n) is 6.96. The highest BCUT2D eigenvalue weighted by atomic mass is 32.1. The minimum atomic E-state index is -0.381. The third-order valence-electron chi connectivity index (χ3n) is 9.06. The monoisotopic (exact) mass is 586 g/mol. The molecule has 2 aliphatic carbocycles. The van der Waals surface area contributed by atoms with E-state index in [9.17, 15) is 9.18 Å². The normalized spacial score (nSPS) is 21.0. The van der Waals surface area contributed by atoms with Crippen LogP contribution in [0.4, 0.5) is 4.39 Å². The van der Waals surface area contributed by atoms with Gasteiger partial charge < -0.3 is 20.1 Å². The highest BCUT2D eigenvalue weighted by Gasteiger charge is 2.42. The Bertz CT molecular complexity index is 1610. The number of aromatic nitrogens is 2. The first-order chi connectivity index (χ1) is 20.6. The fourth-order valence-corrected chi connectivity index (χ4v) is 7.85. The summed E-state index contributed by atoms with van der Waals surface area (Å²) in [6.07, 6.45) is 5.73. The van der Waals surface area contributed by atoms with Crippen LogP contribution >= 0.6 is 11.3 Å². The molecule has 2 aromatic heterocycles. The topological polar surface area (TPSA) is 85.4 Å². The molecule has 7 rings (SSSR count). The lowest BCUT2D eigenvalue weighted by Crippen LogP contribution is -2.35. The minimum Gasteiger partial charge on any atom is -0.490 e. The third-order valence-corrected chi connectivity index (χ3v) is 9.98. The summed E-state index contributed by atoms with van der Waals surface area (Å²) < 4.78 is 27.0. The molecule has 42 heavy (non-hydrogen) atoms. The number of thiophene rings is 1. The van der Waals surface area contributed by atoms with Crippen LogP contribution in [0.1, 0.15) is 36.8 Å². The number of rotatable bonds is 10. The number of halogens is 1. The molecule has 9 heteroatoms. The molecule has 3 atom stereocenters. The Morgan fingerprint density at radius 2 is 1.95 bits per heavy atom. The minimum absolute atomic E-state index is 0.169. The van der Waals surface area contributed by atoms with Crippen molar-refractivity contribution < 1.29 is 18.7 Å². The third kappa shape index (κ3) is 5.53. The van der Waals surface area contributed by atoms with Crippen molar-refractivity contribution in [2.24, 2.45) is 17.8 Å². The van der Waals surface area contributed by atoms with E-state index < -0.39 is 0 Å². The summed E-state index contributed by atoms with van der Waals surface area (Å²) in [4.78, 5) is 12.5. The van der Waals surface area contributed by atoms with Gasteiger partial charge in [-0.15, -0.1) is 21.5 Å². The summed E-state index contributed by atoms with van der Waals surface area (Å²) in [6.45, 7) is 3.34. The van der Waals surface area contributed by atoms with Crippen molar-refractivity contribution in [1.29, 1.82) is 0 Å². The molecule has 3 heterocycles. The van der Waals surface area contributed by atoms with Crippen molar-refractivity contribution in [2.75, 3.05) is 32.9 Å². The second-order valence-electron chi connectivity index (χ2n) is 11.6. The summed E-state index contributed by atoms with van der Waals surface area (Å²) >= 11 is 1.59. The van der Waals surface area contributed by atoms with Crippen LogP contribution in [0, 0.1) is 23.6 Å². The number of benzene rings is 2. The Morgan fingerprint density at radius 1 is 1.02 bits per heavy atom. The van der Waals surface area contributed by atoms with E-state index in [1.165, 1.54) is 42.5 Å². The average Bonchev–Trinajstić information content (AvgIpc) is 3.78. The van der Waals surface area contributed by atoms with E-state index >= 15 is 0 Å². The first-order valence-corrected chi connectivity index (χ1v) is 15.9. The van der Waals surface area contributed by atoms with Crippen LogP contribution in [0.5, 0.6) is 5.75 Å². The Labute approximate surface area is 248 Å². The number of carbonyl (C=O) groups excluding carboxylic acids is 1. The van der Waals surface area contributed by atoms with Gasteiger partial charge in [0, 0.05) is 41.6 Å². The number of hydrogen-bond acceptors (Lipinski definition) is 7. The predicted octanol–water partition coefficient (Wildman–Crippen LogP) is 5.76. The Hall–Kier alpha value is -3.40. The zero-order valence-electron chi connectivity index (χ0n) is 23.5. The number of carbonyl (C=O) groups is 1. The summed E-state index contributed by atoms with van der Waals surface area (Å²) in [5.74, 6) is 1.69. The zero-order valence-corrected chi connectivity index (χ0v) is 24.4. The predicted molar refractivity (Wildman–Crippen MR) is 162 cm³/mol. The molecule has 2 fully saturated rings. The fraction of sp³-hybridized carbons (Fsp3) is 0.424. The average molecular weight is 587 g/mol. The number of hydrogen-bond donors (Lipinski definition) is 2. The van der Waals surface area contributed by atoms with Gasteiger partial charge in [-0.3, -0.25) is 4.79 Å².